The van der Waals surface area contributed by atoms with Gasteiger partial charge in [0.2, 0.25) is 5.88 Å². The zero-order valence-corrected chi connectivity index (χ0v) is 19.1. The molecule has 3 aromatic rings. The van der Waals surface area contributed by atoms with Crippen LogP contribution in [0.3, 0.4) is 0 Å². The number of ether oxygens (including phenoxy) is 3. The Balaban J connectivity index is 1.24. The highest BCUT2D eigenvalue weighted by Gasteiger charge is 2.12. The Morgan fingerprint density at radius 3 is 2.70 bits per heavy atom. The molecule has 0 unspecified atom stereocenters. The third-order valence-corrected chi connectivity index (χ3v) is 5.30. The molecule has 1 aliphatic rings. The van der Waals surface area contributed by atoms with Gasteiger partial charge in [0.05, 0.1) is 13.2 Å². The summed E-state index contributed by atoms with van der Waals surface area (Å²) in [5.74, 6) is 3.65. The molecule has 0 bridgehead atoms. The van der Waals surface area contributed by atoms with Crippen molar-refractivity contribution < 1.29 is 14.2 Å². The molecule has 4 rings (SSSR count). The summed E-state index contributed by atoms with van der Waals surface area (Å²) in [4.78, 5) is 8.73. The fourth-order valence-corrected chi connectivity index (χ4v) is 3.62. The van der Waals surface area contributed by atoms with Gasteiger partial charge in [0, 0.05) is 38.8 Å². The van der Waals surface area contributed by atoms with E-state index in [0.717, 1.165) is 43.3 Å². The number of aliphatic imine (C=N–C) groups is 1. The first kappa shape index (κ1) is 22.5. The quantitative estimate of drug-likeness (QED) is 0.380. The van der Waals surface area contributed by atoms with Crippen LogP contribution >= 0.6 is 0 Å². The number of benzene rings is 2. The van der Waals surface area contributed by atoms with Crippen LogP contribution in [0.4, 0.5) is 0 Å². The standard InChI is InChI=1S/C26H30N4O3/c1-3-31-23-6-4-5-7-24(23)33-25-11-9-20(17-29-25)18-30-26(27-2)28-14-12-19-8-10-22-21(16-19)13-15-32-22/h4-11,16-17H,3,12-15,18H2,1-2H3,(H2,27,28,30). The highest BCUT2D eigenvalue weighted by atomic mass is 16.5. The van der Waals surface area contributed by atoms with Crippen LogP contribution in [-0.2, 0) is 19.4 Å². The Bertz CT molecular complexity index is 1080. The molecule has 7 heteroatoms. The van der Waals surface area contributed by atoms with Crippen molar-refractivity contribution in [3.8, 4) is 23.1 Å². The van der Waals surface area contributed by atoms with E-state index in [0.29, 0.717) is 30.5 Å². The zero-order valence-electron chi connectivity index (χ0n) is 19.1. The summed E-state index contributed by atoms with van der Waals surface area (Å²) in [6.45, 7) is 4.72. The van der Waals surface area contributed by atoms with Gasteiger partial charge in [-0.15, -0.1) is 0 Å². The average Bonchev–Trinajstić information content (AvgIpc) is 3.31. The molecule has 2 heterocycles. The lowest BCUT2D eigenvalue weighted by Gasteiger charge is -2.13. The number of hydrogen-bond donors (Lipinski definition) is 2. The van der Waals surface area contributed by atoms with Crippen LogP contribution in [0, 0.1) is 0 Å². The maximum Gasteiger partial charge on any atom is 0.219 e. The number of hydrogen-bond acceptors (Lipinski definition) is 5. The normalized spacial score (nSPS) is 12.6. The molecule has 0 aliphatic carbocycles. The Morgan fingerprint density at radius 2 is 1.91 bits per heavy atom. The maximum atomic E-state index is 5.89. The van der Waals surface area contributed by atoms with Gasteiger partial charge in [-0.25, -0.2) is 4.98 Å². The highest BCUT2D eigenvalue weighted by molar-refractivity contribution is 5.79. The monoisotopic (exact) mass is 446 g/mol. The molecule has 2 aromatic carbocycles. The third-order valence-electron chi connectivity index (χ3n) is 5.30. The van der Waals surface area contributed by atoms with Crippen LogP contribution in [-0.4, -0.2) is 37.7 Å². The number of fused-ring (bicyclic) bond motifs is 1. The van der Waals surface area contributed by atoms with Gasteiger partial charge in [-0.3, -0.25) is 4.99 Å². The van der Waals surface area contributed by atoms with Crippen molar-refractivity contribution in [3.63, 3.8) is 0 Å². The molecule has 1 aromatic heterocycles. The van der Waals surface area contributed by atoms with Crippen molar-refractivity contribution >= 4 is 5.96 Å². The summed E-state index contributed by atoms with van der Waals surface area (Å²) in [7, 11) is 1.77. The molecule has 0 fully saturated rings. The predicted molar refractivity (Wildman–Crippen MR) is 129 cm³/mol. The van der Waals surface area contributed by atoms with Crippen LogP contribution in [0.5, 0.6) is 23.1 Å². The van der Waals surface area contributed by atoms with Crippen molar-refractivity contribution in [3.05, 3.63) is 77.5 Å². The van der Waals surface area contributed by atoms with E-state index < -0.39 is 0 Å². The van der Waals surface area contributed by atoms with Gasteiger partial charge in [-0.1, -0.05) is 30.3 Å². The van der Waals surface area contributed by atoms with Gasteiger partial charge in [-0.05, 0) is 48.2 Å². The molecule has 7 nitrogen and oxygen atoms in total. The van der Waals surface area contributed by atoms with E-state index in [1.807, 2.05) is 43.3 Å². The fourth-order valence-electron chi connectivity index (χ4n) is 3.62. The first-order chi connectivity index (χ1) is 16.2. The number of rotatable bonds is 9. The first-order valence-corrected chi connectivity index (χ1v) is 11.3. The van der Waals surface area contributed by atoms with Gasteiger partial charge in [0.25, 0.3) is 0 Å². The molecule has 2 N–H and O–H groups in total. The number of pyridine rings is 1. The summed E-state index contributed by atoms with van der Waals surface area (Å²) in [6, 6.07) is 17.9. The van der Waals surface area contributed by atoms with Gasteiger partial charge >= 0.3 is 0 Å². The molecule has 0 atom stereocenters. The molecule has 1 aliphatic heterocycles. The third kappa shape index (κ3) is 6.16. The molecular formula is C26H30N4O3. The highest BCUT2D eigenvalue weighted by Crippen LogP contribution is 2.30. The largest absolute Gasteiger partial charge is 0.493 e. The molecule has 0 saturated heterocycles. The van der Waals surface area contributed by atoms with E-state index in [1.54, 1.807) is 13.2 Å². The van der Waals surface area contributed by atoms with Crippen molar-refractivity contribution in [2.24, 2.45) is 4.99 Å². The van der Waals surface area contributed by atoms with E-state index >= 15 is 0 Å². The van der Waals surface area contributed by atoms with Crippen LogP contribution in [0.2, 0.25) is 0 Å². The molecule has 172 valence electrons. The number of guanidine groups is 1. The number of para-hydroxylation sites is 2. The maximum absolute atomic E-state index is 5.89. The summed E-state index contributed by atoms with van der Waals surface area (Å²) in [6.07, 6.45) is 3.72. The van der Waals surface area contributed by atoms with Gasteiger partial charge in [0.15, 0.2) is 17.5 Å². The predicted octanol–water partition coefficient (Wildman–Crippen LogP) is 4.12. The van der Waals surface area contributed by atoms with E-state index in [1.165, 1.54) is 11.1 Å². The minimum absolute atomic E-state index is 0.521. The molecule has 0 spiro atoms. The van der Waals surface area contributed by atoms with E-state index in [2.05, 4.69) is 38.8 Å². The SMILES string of the molecule is CCOc1ccccc1Oc1ccc(CNC(=NC)NCCc2ccc3c(c2)CCO3)cn1. The molecule has 33 heavy (non-hydrogen) atoms. The number of nitrogens with zero attached hydrogens (tertiary/aromatic N) is 2. The van der Waals surface area contributed by atoms with Gasteiger partial charge < -0.3 is 24.8 Å². The second-order valence-electron chi connectivity index (χ2n) is 7.63. The van der Waals surface area contributed by atoms with Crippen molar-refractivity contribution in [1.82, 2.24) is 15.6 Å². The second kappa shape index (κ2) is 11.2. The summed E-state index contributed by atoms with van der Waals surface area (Å²) in [5, 5.41) is 6.69. The molecule has 0 radical (unpaired) electrons. The Hall–Kier alpha value is -3.74. The van der Waals surface area contributed by atoms with Crippen LogP contribution < -0.4 is 24.8 Å². The fraction of sp³-hybridized carbons (Fsp3) is 0.308. The van der Waals surface area contributed by atoms with Crippen molar-refractivity contribution in [1.29, 1.82) is 0 Å². The topological polar surface area (TPSA) is 77.0 Å². The van der Waals surface area contributed by atoms with Gasteiger partial charge in [-0.2, -0.15) is 0 Å². The average molecular weight is 447 g/mol. The molecule has 0 amide bonds. The summed E-state index contributed by atoms with van der Waals surface area (Å²) >= 11 is 0. The van der Waals surface area contributed by atoms with Crippen LogP contribution in [0.25, 0.3) is 0 Å². The number of aromatic nitrogens is 1. The lowest BCUT2D eigenvalue weighted by Crippen LogP contribution is -2.37. The van der Waals surface area contributed by atoms with Crippen molar-refractivity contribution in [2.75, 3.05) is 26.8 Å². The first-order valence-electron chi connectivity index (χ1n) is 11.3. The minimum Gasteiger partial charge on any atom is -0.493 e. The molecular weight excluding hydrogens is 416 g/mol. The van der Waals surface area contributed by atoms with E-state index in [-0.39, 0.29) is 0 Å². The smallest absolute Gasteiger partial charge is 0.219 e. The summed E-state index contributed by atoms with van der Waals surface area (Å²) < 4.78 is 17.1. The minimum atomic E-state index is 0.521. The Morgan fingerprint density at radius 1 is 1.06 bits per heavy atom. The van der Waals surface area contributed by atoms with Crippen molar-refractivity contribution in [2.45, 2.75) is 26.3 Å². The van der Waals surface area contributed by atoms with Crippen LogP contribution in [0.15, 0.2) is 65.8 Å². The second-order valence-corrected chi connectivity index (χ2v) is 7.63. The van der Waals surface area contributed by atoms with E-state index in [9.17, 15) is 0 Å². The Labute approximate surface area is 194 Å². The van der Waals surface area contributed by atoms with E-state index in [4.69, 9.17) is 14.2 Å². The van der Waals surface area contributed by atoms with Gasteiger partial charge in [0.1, 0.15) is 5.75 Å². The summed E-state index contributed by atoms with van der Waals surface area (Å²) in [5.41, 5.74) is 3.63. The molecule has 0 saturated carbocycles. The zero-order chi connectivity index (χ0) is 22.9. The van der Waals surface area contributed by atoms with Crippen LogP contribution in [0.1, 0.15) is 23.6 Å². The lowest BCUT2D eigenvalue weighted by atomic mass is 10.1. The Kier molecular flexibility index (Phi) is 7.64. The lowest BCUT2D eigenvalue weighted by molar-refractivity contribution is 0.319. The number of nitrogens with one attached hydrogen (secondary N) is 2.